The summed E-state index contributed by atoms with van der Waals surface area (Å²) < 4.78 is 0. The van der Waals surface area contributed by atoms with Crippen LogP contribution in [0, 0.1) is 6.92 Å². The van der Waals surface area contributed by atoms with E-state index in [1.54, 1.807) is 0 Å². The van der Waals surface area contributed by atoms with E-state index in [1.807, 2.05) is 25.1 Å². The first-order valence-corrected chi connectivity index (χ1v) is 5.09. The molecule has 15 heavy (non-hydrogen) atoms. The molecule has 2 nitrogen and oxygen atoms in total. The molecule has 0 heterocycles. The summed E-state index contributed by atoms with van der Waals surface area (Å²) in [7, 11) is 0. The van der Waals surface area contributed by atoms with Crippen LogP contribution in [0.5, 0.6) is 0 Å². The number of rotatable bonds is 3. The van der Waals surface area contributed by atoms with Crippen LogP contribution in [0.2, 0.25) is 0 Å². The third kappa shape index (κ3) is 2.69. The number of amides is 1. The van der Waals surface area contributed by atoms with E-state index in [1.165, 1.54) is 6.08 Å². The number of carbonyl (C=O) groups excluding carboxylic acids is 1. The minimum atomic E-state index is -0.161. The van der Waals surface area contributed by atoms with E-state index >= 15 is 0 Å². The van der Waals surface area contributed by atoms with Crippen molar-refractivity contribution in [1.82, 2.24) is 0 Å². The molecule has 80 valence electrons. The normalized spacial score (nSPS) is 10.1. The molecule has 1 rings (SSSR count). The van der Waals surface area contributed by atoms with Crippen molar-refractivity contribution >= 4 is 11.6 Å². The van der Waals surface area contributed by atoms with Gasteiger partial charge in [-0.3, -0.25) is 4.79 Å². The monoisotopic (exact) mass is 203 g/mol. The summed E-state index contributed by atoms with van der Waals surface area (Å²) >= 11 is 0. The largest absolute Gasteiger partial charge is 0.322 e. The molecule has 0 saturated carbocycles. The molecule has 0 aromatic heterocycles. The minimum Gasteiger partial charge on any atom is -0.322 e. The number of aryl methyl sites for hydroxylation is 1. The summed E-state index contributed by atoms with van der Waals surface area (Å²) in [4.78, 5) is 11.3. The molecule has 0 aliphatic carbocycles. The van der Waals surface area contributed by atoms with Gasteiger partial charge in [0.2, 0.25) is 5.91 Å². The van der Waals surface area contributed by atoms with Crippen LogP contribution < -0.4 is 5.32 Å². The van der Waals surface area contributed by atoms with Crippen LogP contribution in [0.3, 0.4) is 0 Å². The summed E-state index contributed by atoms with van der Waals surface area (Å²) in [5.41, 5.74) is 3.15. The average molecular weight is 203 g/mol. The highest BCUT2D eigenvalue weighted by Gasteiger charge is 2.09. The molecule has 0 spiro atoms. The first-order valence-electron chi connectivity index (χ1n) is 5.09. The molecule has 0 fully saturated rings. The maximum absolute atomic E-state index is 11.3. The topological polar surface area (TPSA) is 29.1 Å². The van der Waals surface area contributed by atoms with Gasteiger partial charge in [0, 0.05) is 5.69 Å². The first-order chi connectivity index (χ1) is 7.06. The second-order valence-electron chi connectivity index (χ2n) is 3.89. The zero-order chi connectivity index (χ0) is 11.4. The molecule has 0 saturated heterocycles. The zero-order valence-corrected chi connectivity index (χ0v) is 9.50. The second kappa shape index (κ2) is 4.78. The van der Waals surface area contributed by atoms with Gasteiger partial charge in [0.05, 0.1) is 0 Å². The number of hydrogen-bond donors (Lipinski definition) is 1. The quantitative estimate of drug-likeness (QED) is 0.751. The molecule has 1 aromatic carbocycles. The fraction of sp³-hybridized carbons (Fsp3) is 0.308. The van der Waals surface area contributed by atoms with Crippen molar-refractivity contribution in [2.45, 2.75) is 26.7 Å². The number of benzene rings is 1. The predicted octanol–water partition coefficient (Wildman–Crippen LogP) is 3.24. The van der Waals surface area contributed by atoms with Gasteiger partial charge in [0.25, 0.3) is 0 Å². The lowest BCUT2D eigenvalue weighted by atomic mass is 9.98. The fourth-order valence-corrected chi connectivity index (χ4v) is 1.52. The maximum atomic E-state index is 11.3. The van der Waals surface area contributed by atoms with Crippen LogP contribution in [0.4, 0.5) is 5.69 Å². The number of nitrogens with one attached hydrogen (secondary N) is 1. The highest BCUT2D eigenvalue weighted by molar-refractivity contribution is 6.00. The van der Waals surface area contributed by atoms with E-state index in [-0.39, 0.29) is 5.91 Å². The van der Waals surface area contributed by atoms with Crippen LogP contribution in [0.1, 0.15) is 30.9 Å². The Labute approximate surface area is 91.0 Å². The molecule has 0 atom stereocenters. The Morgan fingerprint density at radius 3 is 2.67 bits per heavy atom. The van der Waals surface area contributed by atoms with Crippen molar-refractivity contribution in [3.05, 3.63) is 42.0 Å². The van der Waals surface area contributed by atoms with Gasteiger partial charge in [-0.25, -0.2) is 0 Å². The molecule has 0 aliphatic heterocycles. The average Bonchev–Trinajstić information content (AvgIpc) is 2.20. The summed E-state index contributed by atoms with van der Waals surface area (Å²) in [6.07, 6.45) is 1.29. The molecular formula is C13H17NO. The molecule has 0 aliphatic rings. The molecule has 0 radical (unpaired) electrons. The Bertz CT molecular complexity index is 380. The highest BCUT2D eigenvalue weighted by atomic mass is 16.1. The second-order valence-corrected chi connectivity index (χ2v) is 3.89. The van der Waals surface area contributed by atoms with Gasteiger partial charge in [-0.1, -0.05) is 38.6 Å². The molecule has 1 N–H and O–H groups in total. The summed E-state index contributed by atoms with van der Waals surface area (Å²) in [5.74, 6) is 0.233. The van der Waals surface area contributed by atoms with Crippen molar-refractivity contribution in [3.63, 3.8) is 0 Å². The van der Waals surface area contributed by atoms with E-state index in [9.17, 15) is 4.79 Å². The summed E-state index contributed by atoms with van der Waals surface area (Å²) in [6, 6.07) is 6.04. The number of anilines is 1. The standard InChI is InChI=1S/C13H17NO/c1-5-12(15)14-13-10(4)7-6-8-11(13)9(2)3/h5-9H,1H2,2-4H3,(H,14,15). The van der Waals surface area contributed by atoms with Gasteiger partial charge < -0.3 is 5.32 Å². The van der Waals surface area contributed by atoms with Crippen LogP contribution in [-0.2, 0) is 4.79 Å². The van der Waals surface area contributed by atoms with Crippen molar-refractivity contribution < 1.29 is 4.79 Å². The number of carbonyl (C=O) groups is 1. The van der Waals surface area contributed by atoms with Gasteiger partial charge >= 0.3 is 0 Å². The third-order valence-corrected chi connectivity index (χ3v) is 2.36. The molecule has 1 amide bonds. The molecule has 2 heteroatoms. The predicted molar refractivity (Wildman–Crippen MR) is 64.1 cm³/mol. The Morgan fingerprint density at radius 2 is 2.13 bits per heavy atom. The molecule has 0 bridgehead atoms. The van der Waals surface area contributed by atoms with Crippen LogP contribution >= 0.6 is 0 Å². The SMILES string of the molecule is C=CC(=O)Nc1c(C)cccc1C(C)C. The van der Waals surface area contributed by atoms with Crippen molar-refractivity contribution in [2.24, 2.45) is 0 Å². The maximum Gasteiger partial charge on any atom is 0.247 e. The fourth-order valence-electron chi connectivity index (χ4n) is 1.52. The van der Waals surface area contributed by atoms with Crippen LogP contribution in [0.25, 0.3) is 0 Å². The van der Waals surface area contributed by atoms with Crippen molar-refractivity contribution in [1.29, 1.82) is 0 Å². The number of hydrogen-bond acceptors (Lipinski definition) is 1. The molecular weight excluding hydrogens is 186 g/mol. The molecule has 0 unspecified atom stereocenters. The Kier molecular flexibility index (Phi) is 3.67. The Balaban J connectivity index is 3.12. The van der Waals surface area contributed by atoms with Crippen molar-refractivity contribution in [2.75, 3.05) is 5.32 Å². The van der Waals surface area contributed by atoms with Crippen LogP contribution in [0.15, 0.2) is 30.9 Å². The van der Waals surface area contributed by atoms with Gasteiger partial charge in [0.15, 0.2) is 0 Å². The van der Waals surface area contributed by atoms with Gasteiger partial charge in [-0.2, -0.15) is 0 Å². The number of para-hydroxylation sites is 1. The Hall–Kier alpha value is -1.57. The summed E-state index contributed by atoms with van der Waals surface area (Å²) in [5, 5.41) is 2.85. The summed E-state index contributed by atoms with van der Waals surface area (Å²) in [6.45, 7) is 9.66. The molecule has 1 aromatic rings. The third-order valence-electron chi connectivity index (χ3n) is 2.36. The zero-order valence-electron chi connectivity index (χ0n) is 9.50. The van der Waals surface area contributed by atoms with Gasteiger partial charge in [-0.15, -0.1) is 0 Å². The van der Waals surface area contributed by atoms with E-state index in [2.05, 4.69) is 25.7 Å². The van der Waals surface area contributed by atoms with E-state index in [0.29, 0.717) is 5.92 Å². The van der Waals surface area contributed by atoms with E-state index in [4.69, 9.17) is 0 Å². The minimum absolute atomic E-state index is 0.161. The van der Waals surface area contributed by atoms with Gasteiger partial charge in [0.1, 0.15) is 0 Å². The van der Waals surface area contributed by atoms with E-state index < -0.39 is 0 Å². The van der Waals surface area contributed by atoms with Crippen LogP contribution in [-0.4, -0.2) is 5.91 Å². The lowest BCUT2D eigenvalue weighted by Crippen LogP contribution is -2.11. The Morgan fingerprint density at radius 1 is 1.47 bits per heavy atom. The van der Waals surface area contributed by atoms with Crippen molar-refractivity contribution in [3.8, 4) is 0 Å². The lowest BCUT2D eigenvalue weighted by Gasteiger charge is -2.15. The lowest BCUT2D eigenvalue weighted by molar-refractivity contribution is -0.111. The highest BCUT2D eigenvalue weighted by Crippen LogP contribution is 2.27. The smallest absolute Gasteiger partial charge is 0.247 e. The van der Waals surface area contributed by atoms with Gasteiger partial charge in [-0.05, 0) is 30.0 Å². The van der Waals surface area contributed by atoms with E-state index in [0.717, 1.165) is 16.8 Å². The first kappa shape index (κ1) is 11.5.